The first-order valence-corrected chi connectivity index (χ1v) is 6.93. The molecule has 0 heterocycles. The van der Waals surface area contributed by atoms with Gasteiger partial charge in [-0.05, 0) is 17.9 Å². The number of rotatable bonds is 8. The van der Waals surface area contributed by atoms with Crippen LogP contribution in [0.15, 0.2) is 23.1 Å². The molecule has 1 aromatic rings. The van der Waals surface area contributed by atoms with Gasteiger partial charge in [-0.25, -0.2) is 8.78 Å². The zero-order valence-corrected chi connectivity index (χ0v) is 11.5. The Morgan fingerprint density at radius 3 is 2.89 bits per heavy atom. The number of hydrogen-bond acceptors (Lipinski definition) is 4. The Balaban J connectivity index is 2.54. The minimum Gasteiger partial charge on any atom is -0.382 e. The molecule has 1 rings (SSSR count). The molecule has 6 heteroatoms. The number of anilines is 1. The van der Waals surface area contributed by atoms with E-state index in [9.17, 15) is 8.78 Å². The predicted molar refractivity (Wildman–Crippen MR) is 72.9 cm³/mol. The Kier molecular flexibility index (Phi) is 7.23. The largest absolute Gasteiger partial charge is 0.382 e. The van der Waals surface area contributed by atoms with E-state index in [1.54, 1.807) is 17.8 Å². The van der Waals surface area contributed by atoms with Gasteiger partial charge in [-0.1, -0.05) is 13.0 Å². The minimum atomic E-state index is -2.45. The van der Waals surface area contributed by atoms with Gasteiger partial charge >= 0.3 is 0 Å². The molecule has 0 spiro atoms. The molecule has 104 valence electrons. The van der Waals surface area contributed by atoms with Crippen molar-refractivity contribution in [3.05, 3.63) is 23.8 Å². The van der Waals surface area contributed by atoms with Gasteiger partial charge in [0, 0.05) is 11.4 Å². The van der Waals surface area contributed by atoms with Crippen molar-refractivity contribution in [3.63, 3.8) is 0 Å². The van der Waals surface area contributed by atoms with Crippen LogP contribution in [0.1, 0.15) is 12.5 Å². The van der Waals surface area contributed by atoms with Crippen molar-refractivity contribution in [3.8, 4) is 6.07 Å². The molecule has 1 N–H and O–H groups in total. The van der Waals surface area contributed by atoms with Crippen LogP contribution in [-0.4, -0.2) is 31.9 Å². The molecule has 0 bridgehead atoms. The summed E-state index contributed by atoms with van der Waals surface area (Å²) in [4.78, 5) is 0.920. The van der Waals surface area contributed by atoms with Crippen LogP contribution in [0.4, 0.5) is 14.5 Å². The van der Waals surface area contributed by atoms with Gasteiger partial charge in [0.15, 0.2) is 0 Å². The number of nitrogens with one attached hydrogen (secondary N) is 1. The number of nitriles is 1. The van der Waals surface area contributed by atoms with E-state index < -0.39 is 13.0 Å². The number of nitrogens with zero attached hydrogens (tertiary/aromatic N) is 1. The van der Waals surface area contributed by atoms with Gasteiger partial charge in [0.1, 0.15) is 12.7 Å². The van der Waals surface area contributed by atoms with Gasteiger partial charge in [-0.15, -0.1) is 11.8 Å². The average molecular weight is 286 g/mol. The maximum absolute atomic E-state index is 11.9. The Morgan fingerprint density at radius 2 is 2.26 bits per heavy atom. The second-order valence-corrected chi connectivity index (χ2v) is 4.92. The quantitative estimate of drug-likeness (QED) is 0.588. The summed E-state index contributed by atoms with van der Waals surface area (Å²) in [6.07, 6.45) is -2.45. The molecule has 0 aliphatic heterocycles. The van der Waals surface area contributed by atoms with Crippen molar-refractivity contribution in [1.29, 1.82) is 5.26 Å². The highest BCUT2D eigenvalue weighted by molar-refractivity contribution is 7.99. The van der Waals surface area contributed by atoms with Gasteiger partial charge < -0.3 is 10.1 Å². The molecule has 0 fully saturated rings. The molecule has 19 heavy (non-hydrogen) atoms. The molecule has 0 unspecified atom stereocenters. The summed E-state index contributed by atoms with van der Waals surface area (Å²) in [5.74, 6) is 0.885. The molecule has 0 aliphatic carbocycles. The maximum Gasteiger partial charge on any atom is 0.261 e. The SMILES string of the molecule is CCSc1cccc(NCCOCC(F)F)c1C#N. The molecule has 0 radical (unpaired) electrons. The second kappa shape index (κ2) is 8.73. The van der Waals surface area contributed by atoms with Crippen LogP contribution in [0.5, 0.6) is 0 Å². The molecule has 0 saturated carbocycles. The smallest absolute Gasteiger partial charge is 0.261 e. The van der Waals surface area contributed by atoms with Crippen molar-refractivity contribution in [2.75, 3.05) is 30.8 Å². The number of alkyl halides is 2. The third-order valence-corrected chi connectivity index (χ3v) is 3.18. The van der Waals surface area contributed by atoms with E-state index in [4.69, 9.17) is 10.00 Å². The van der Waals surface area contributed by atoms with E-state index in [1.165, 1.54) is 0 Å². The van der Waals surface area contributed by atoms with Crippen molar-refractivity contribution in [2.45, 2.75) is 18.2 Å². The molecule has 0 amide bonds. The van der Waals surface area contributed by atoms with Crippen LogP contribution >= 0.6 is 11.8 Å². The number of hydrogen-bond donors (Lipinski definition) is 1. The fraction of sp³-hybridized carbons (Fsp3) is 0.462. The average Bonchev–Trinajstić information content (AvgIpc) is 2.38. The van der Waals surface area contributed by atoms with Gasteiger partial charge in [0.25, 0.3) is 6.43 Å². The lowest BCUT2D eigenvalue weighted by atomic mass is 10.2. The molecule has 0 saturated heterocycles. The molecule has 0 aromatic heterocycles. The first kappa shape index (κ1) is 15.7. The first-order valence-electron chi connectivity index (χ1n) is 5.94. The molecule has 1 aromatic carbocycles. The minimum absolute atomic E-state index is 0.181. The summed E-state index contributed by atoms with van der Waals surface area (Å²) in [6, 6.07) is 7.72. The van der Waals surface area contributed by atoms with E-state index in [-0.39, 0.29) is 6.61 Å². The van der Waals surface area contributed by atoms with Crippen molar-refractivity contribution in [2.24, 2.45) is 0 Å². The van der Waals surface area contributed by atoms with Crippen molar-refractivity contribution < 1.29 is 13.5 Å². The number of thioether (sulfide) groups is 1. The van der Waals surface area contributed by atoms with Crippen LogP contribution in [0.25, 0.3) is 0 Å². The van der Waals surface area contributed by atoms with E-state index in [1.807, 2.05) is 19.1 Å². The highest BCUT2D eigenvalue weighted by atomic mass is 32.2. The highest BCUT2D eigenvalue weighted by Gasteiger charge is 2.07. The summed E-state index contributed by atoms with van der Waals surface area (Å²) < 4.78 is 28.5. The highest BCUT2D eigenvalue weighted by Crippen LogP contribution is 2.27. The molecule has 0 atom stereocenters. The molecule has 3 nitrogen and oxygen atoms in total. The lowest BCUT2D eigenvalue weighted by Crippen LogP contribution is -2.13. The lowest BCUT2D eigenvalue weighted by Gasteiger charge is -2.11. The summed E-state index contributed by atoms with van der Waals surface area (Å²) >= 11 is 1.60. The van der Waals surface area contributed by atoms with Crippen molar-refractivity contribution >= 4 is 17.4 Å². The third-order valence-electron chi connectivity index (χ3n) is 2.24. The van der Waals surface area contributed by atoms with Crippen LogP contribution in [0.2, 0.25) is 0 Å². The summed E-state index contributed by atoms with van der Waals surface area (Å²) in [5.41, 5.74) is 1.30. The Labute approximate surface area is 115 Å². The Bertz CT molecular complexity index is 435. The monoisotopic (exact) mass is 286 g/mol. The molecular formula is C13H16F2N2OS. The zero-order valence-electron chi connectivity index (χ0n) is 10.7. The van der Waals surface area contributed by atoms with Crippen LogP contribution in [-0.2, 0) is 4.74 Å². The lowest BCUT2D eigenvalue weighted by molar-refractivity contribution is 0.0215. The number of benzene rings is 1. The fourth-order valence-corrected chi connectivity index (χ4v) is 2.29. The van der Waals surface area contributed by atoms with Crippen LogP contribution in [0.3, 0.4) is 0 Å². The number of ether oxygens (including phenoxy) is 1. The topological polar surface area (TPSA) is 45.0 Å². The van der Waals surface area contributed by atoms with Gasteiger partial charge in [0.2, 0.25) is 0 Å². The Morgan fingerprint density at radius 1 is 1.47 bits per heavy atom. The van der Waals surface area contributed by atoms with Crippen LogP contribution in [0, 0.1) is 11.3 Å². The van der Waals surface area contributed by atoms with Gasteiger partial charge in [-0.3, -0.25) is 0 Å². The third kappa shape index (κ3) is 5.45. The van der Waals surface area contributed by atoms with Gasteiger partial charge in [0.05, 0.1) is 17.9 Å². The molecular weight excluding hydrogens is 270 g/mol. The Hall–Kier alpha value is -1.32. The van der Waals surface area contributed by atoms with Gasteiger partial charge in [-0.2, -0.15) is 5.26 Å². The summed E-state index contributed by atoms with van der Waals surface area (Å²) in [6.45, 7) is 2.03. The maximum atomic E-state index is 11.9. The standard InChI is InChI=1S/C13H16F2N2OS/c1-2-19-12-5-3-4-11(10(12)8-16)17-6-7-18-9-13(14)15/h3-5,13,17H,2,6-7,9H2,1H3. The first-order chi connectivity index (χ1) is 9.19. The zero-order chi connectivity index (χ0) is 14.1. The van der Waals surface area contributed by atoms with Crippen molar-refractivity contribution in [1.82, 2.24) is 0 Å². The predicted octanol–water partition coefficient (Wildman–Crippen LogP) is 3.36. The van der Waals surface area contributed by atoms with E-state index in [0.717, 1.165) is 10.6 Å². The normalized spacial score (nSPS) is 10.5. The van der Waals surface area contributed by atoms with E-state index in [0.29, 0.717) is 17.8 Å². The second-order valence-electron chi connectivity index (χ2n) is 3.62. The fourth-order valence-electron chi connectivity index (χ4n) is 1.50. The summed E-state index contributed by atoms with van der Waals surface area (Å²) in [5, 5.41) is 12.2. The number of halogens is 2. The van der Waals surface area contributed by atoms with E-state index >= 15 is 0 Å². The molecule has 0 aliphatic rings. The van der Waals surface area contributed by atoms with Crippen LogP contribution < -0.4 is 5.32 Å². The van der Waals surface area contributed by atoms with E-state index in [2.05, 4.69) is 11.4 Å². The summed E-state index contributed by atoms with van der Waals surface area (Å²) in [7, 11) is 0.